The van der Waals surface area contributed by atoms with Crippen LogP contribution in [0.25, 0.3) is 5.69 Å². The van der Waals surface area contributed by atoms with Gasteiger partial charge < -0.3 is 4.74 Å². The van der Waals surface area contributed by atoms with Crippen LogP contribution in [0, 0.1) is 6.92 Å². The summed E-state index contributed by atoms with van der Waals surface area (Å²) in [4.78, 5) is 28.8. The average Bonchev–Trinajstić information content (AvgIpc) is 3.00. The van der Waals surface area contributed by atoms with Crippen molar-refractivity contribution in [2.75, 3.05) is 7.11 Å². The summed E-state index contributed by atoms with van der Waals surface area (Å²) in [5, 5.41) is 7.09. The SMILES string of the molecule is COc1ccc(-n2[nH]c(C)c(C(C)=NNC(=O)c3cccnc3)c2=O)cc1. The zero-order valence-electron chi connectivity index (χ0n) is 15.2. The molecule has 0 spiro atoms. The molecule has 27 heavy (non-hydrogen) atoms. The first kappa shape index (κ1) is 18.1. The number of hydrogen-bond acceptors (Lipinski definition) is 5. The summed E-state index contributed by atoms with van der Waals surface area (Å²) in [5.74, 6) is 0.303. The van der Waals surface area contributed by atoms with Gasteiger partial charge in [0.1, 0.15) is 5.75 Å². The summed E-state index contributed by atoms with van der Waals surface area (Å²) < 4.78 is 6.55. The van der Waals surface area contributed by atoms with Crippen molar-refractivity contribution in [3.8, 4) is 11.4 Å². The molecule has 138 valence electrons. The Morgan fingerprint density at radius 2 is 2.00 bits per heavy atom. The molecule has 3 aromatic rings. The number of H-pyrrole nitrogens is 1. The predicted molar refractivity (Wildman–Crippen MR) is 102 cm³/mol. The first-order valence-corrected chi connectivity index (χ1v) is 8.22. The Balaban J connectivity index is 1.87. The minimum atomic E-state index is -0.397. The van der Waals surface area contributed by atoms with Crippen LogP contribution in [0.5, 0.6) is 5.75 Å². The number of benzene rings is 1. The lowest BCUT2D eigenvalue weighted by molar-refractivity contribution is 0.0954. The van der Waals surface area contributed by atoms with Crippen molar-refractivity contribution in [1.29, 1.82) is 0 Å². The Labute approximate surface area is 155 Å². The van der Waals surface area contributed by atoms with Gasteiger partial charge in [-0.3, -0.25) is 19.7 Å². The minimum absolute atomic E-state index is 0.255. The topological polar surface area (TPSA) is 101 Å². The fraction of sp³-hybridized carbons (Fsp3) is 0.158. The van der Waals surface area contributed by atoms with E-state index in [2.05, 4.69) is 20.6 Å². The number of aromatic nitrogens is 3. The van der Waals surface area contributed by atoms with Gasteiger partial charge in [-0.25, -0.2) is 10.1 Å². The predicted octanol–water partition coefficient (Wildman–Crippen LogP) is 2.03. The molecule has 0 bridgehead atoms. The Hall–Kier alpha value is -3.68. The fourth-order valence-corrected chi connectivity index (χ4v) is 2.64. The molecule has 0 radical (unpaired) electrons. The fourth-order valence-electron chi connectivity index (χ4n) is 2.64. The van der Waals surface area contributed by atoms with Crippen LogP contribution in [0.2, 0.25) is 0 Å². The van der Waals surface area contributed by atoms with Gasteiger partial charge in [-0.05, 0) is 50.2 Å². The number of hydrogen-bond donors (Lipinski definition) is 2. The lowest BCUT2D eigenvalue weighted by Crippen LogP contribution is -2.23. The first-order chi connectivity index (χ1) is 13.0. The molecule has 2 aromatic heterocycles. The van der Waals surface area contributed by atoms with E-state index in [-0.39, 0.29) is 5.56 Å². The number of aromatic amines is 1. The van der Waals surface area contributed by atoms with E-state index in [0.29, 0.717) is 34.0 Å². The van der Waals surface area contributed by atoms with Gasteiger partial charge in [-0.1, -0.05) is 0 Å². The van der Waals surface area contributed by atoms with E-state index in [1.807, 2.05) is 0 Å². The van der Waals surface area contributed by atoms with Gasteiger partial charge in [0.25, 0.3) is 11.5 Å². The third kappa shape index (κ3) is 3.79. The maximum absolute atomic E-state index is 12.8. The summed E-state index contributed by atoms with van der Waals surface area (Å²) in [7, 11) is 1.58. The van der Waals surface area contributed by atoms with Crippen LogP contribution in [-0.2, 0) is 0 Å². The molecule has 1 amide bonds. The average molecular weight is 365 g/mol. The van der Waals surface area contributed by atoms with E-state index in [1.165, 1.54) is 10.9 Å². The molecule has 2 heterocycles. The zero-order valence-corrected chi connectivity index (χ0v) is 15.2. The molecule has 0 aliphatic carbocycles. The van der Waals surface area contributed by atoms with Crippen LogP contribution >= 0.6 is 0 Å². The van der Waals surface area contributed by atoms with Crippen LogP contribution < -0.4 is 15.7 Å². The van der Waals surface area contributed by atoms with E-state index in [4.69, 9.17) is 4.74 Å². The molecule has 2 N–H and O–H groups in total. The lowest BCUT2D eigenvalue weighted by Gasteiger charge is -2.03. The molecule has 0 fully saturated rings. The van der Waals surface area contributed by atoms with Crippen molar-refractivity contribution in [2.45, 2.75) is 13.8 Å². The number of nitrogens with zero attached hydrogens (tertiary/aromatic N) is 3. The summed E-state index contributed by atoms with van der Waals surface area (Å²) in [6.07, 6.45) is 3.02. The zero-order chi connectivity index (χ0) is 19.4. The molecule has 3 rings (SSSR count). The quantitative estimate of drug-likeness (QED) is 0.533. The van der Waals surface area contributed by atoms with Crippen LogP contribution in [0.15, 0.2) is 58.7 Å². The monoisotopic (exact) mass is 365 g/mol. The van der Waals surface area contributed by atoms with E-state index >= 15 is 0 Å². The van der Waals surface area contributed by atoms with Crippen LogP contribution in [0.1, 0.15) is 28.5 Å². The maximum atomic E-state index is 12.8. The molecule has 8 nitrogen and oxygen atoms in total. The summed E-state index contributed by atoms with van der Waals surface area (Å²) >= 11 is 0. The van der Waals surface area contributed by atoms with Gasteiger partial charge in [0.2, 0.25) is 0 Å². The highest BCUT2D eigenvalue weighted by Crippen LogP contribution is 2.14. The third-order valence-corrected chi connectivity index (χ3v) is 4.01. The normalized spacial score (nSPS) is 11.3. The Kier molecular flexibility index (Phi) is 5.16. The second-order valence-corrected chi connectivity index (χ2v) is 5.83. The molecule has 0 aliphatic heterocycles. The summed E-state index contributed by atoms with van der Waals surface area (Å²) in [6.45, 7) is 3.44. The second-order valence-electron chi connectivity index (χ2n) is 5.83. The highest BCUT2D eigenvalue weighted by Gasteiger charge is 2.15. The summed E-state index contributed by atoms with van der Waals surface area (Å²) in [6, 6.07) is 10.4. The number of aryl methyl sites for hydroxylation is 1. The van der Waals surface area contributed by atoms with Gasteiger partial charge in [-0.15, -0.1) is 0 Å². The number of amides is 1. The van der Waals surface area contributed by atoms with Crippen LogP contribution in [-0.4, -0.2) is 33.5 Å². The first-order valence-electron chi connectivity index (χ1n) is 8.22. The number of hydrazone groups is 1. The number of pyridine rings is 1. The molecule has 0 saturated heterocycles. The van der Waals surface area contributed by atoms with Gasteiger partial charge in [0.15, 0.2) is 0 Å². The van der Waals surface area contributed by atoms with Crippen molar-refractivity contribution in [1.82, 2.24) is 20.2 Å². The second kappa shape index (κ2) is 7.69. The molecule has 0 aliphatic rings. The number of carbonyl (C=O) groups is 1. The van der Waals surface area contributed by atoms with Crippen LogP contribution in [0.3, 0.4) is 0 Å². The number of nitrogens with one attached hydrogen (secondary N) is 2. The molecule has 8 heteroatoms. The van der Waals surface area contributed by atoms with Crippen molar-refractivity contribution in [2.24, 2.45) is 5.10 Å². The smallest absolute Gasteiger partial charge is 0.280 e. The molecule has 0 atom stereocenters. The van der Waals surface area contributed by atoms with E-state index < -0.39 is 5.91 Å². The van der Waals surface area contributed by atoms with E-state index in [1.54, 1.807) is 63.6 Å². The van der Waals surface area contributed by atoms with Gasteiger partial charge in [0.05, 0.1) is 29.6 Å². The maximum Gasteiger partial charge on any atom is 0.280 e. The molecular formula is C19H19N5O3. The van der Waals surface area contributed by atoms with Gasteiger partial charge in [-0.2, -0.15) is 5.10 Å². The van der Waals surface area contributed by atoms with Crippen molar-refractivity contribution >= 4 is 11.6 Å². The van der Waals surface area contributed by atoms with Crippen molar-refractivity contribution < 1.29 is 9.53 Å². The van der Waals surface area contributed by atoms with Gasteiger partial charge >= 0.3 is 0 Å². The van der Waals surface area contributed by atoms with Crippen molar-refractivity contribution in [3.05, 3.63) is 76.0 Å². The van der Waals surface area contributed by atoms with Crippen LogP contribution in [0.4, 0.5) is 0 Å². The third-order valence-electron chi connectivity index (χ3n) is 4.01. The number of carbonyl (C=O) groups excluding carboxylic acids is 1. The van der Waals surface area contributed by atoms with E-state index in [9.17, 15) is 9.59 Å². The van der Waals surface area contributed by atoms with Crippen molar-refractivity contribution in [3.63, 3.8) is 0 Å². The molecule has 1 aromatic carbocycles. The number of methoxy groups -OCH3 is 1. The van der Waals surface area contributed by atoms with Gasteiger partial charge in [0, 0.05) is 18.1 Å². The number of rotatable bonds is 5. The largest absolute Gasteiger partial charge is 0.497 e. The Morgan fingerprint density at radius 3 is 2.63 bits per heavy atom. The highest BCUT2D eigenvalue weighted by molar-refractivity contribution is 6.01. The molecular weight excluding hydrogens is 346 g/mol. The van der Waals surface area contributed by atoms with E-state index in [0.717, 1.165) is 0 Å². The molecule has 0 saturated carbocycles. The lowest BCUT2D eigenvalue weighted by atomic mass is 10.2. The summed E-state index contributed by atoms with van der Waals surface area (Å²) in [5.41, 5.74) is 4.69. The Bertz CT molecular complexity index is 1030. The highest BCUT2D eigenvalue weighted by atomic mass is 16.5. The molecule has 0 unspecified atom stereocenters. The minimum Gasteiger partial charge on any atom is -0.497 e. The number of ether oxygens (including phenoxy) is 1. The standard InChI is InChI=1S/C19H19N5O3/c1-12(21-22-18(25)14-5-4-10-20-11-14)17-13(2)23-24(19(17)26)15-6-8-16(27-3)9-7-15/h4-11,23H,1-3H3,(H,22,25). The Morgan fingerprint density at radius 1 is 1.26 bits per heavy atom.